The van der Waals surface area contributed by atoms with Crippen LogP contribution in [0.5, 0.6) is 0 Å². The average Bonchev–Trinajstić information content (AvgIpc) is 3.46. The molecule has 1 saturated heterocycles. The first-order valence-electron chi connectivity index (χ1n) is 16.2. The molecule has 1 fully saturated rings. The first kappa shape index (κ1) is 36.5. The van der Waals surface area contributed by atoms with Gasteiger partial charge in [0.15, 0.2) is 5.58 Å². The van der Waals surface area contributed by atoms with Gasteiger partial charge >= 0.3 is 18.0 Å². The Balaban J connectivity index is 1.60. The lowest BCUT2D eigenvalue weighted by Gasteiger charge is -2.35. The molecule has 4 rings (SSSR count). The number of urea groups is 1. The summed E-state index contributed by atoms with van der Waals surface area (Å²) in [6, 6.07) is 12.6. The Morgan fingerprint density at radius 2 is 1.69 bits per heavy atom. The van der Waals surface area contributed by atoms with E-state index in [0.29, 0.717) is 45.2 Å². The highest BCUT2D eigenvalue weighted by atomic mass is 32.2. The van der Waals surface area contributed by atoms with Gasteiger partial charge in [-0.25, -0.2) is 28.1 Å². The number of amides is 5. The number of fused-ring (bicyclic) bond motifs is 1. The number of hydrogen-bond acceptors (Lipinski definition) is 9. The lowest BCUT2D eigenvalue weighted by Crippen LogP contribution is -2.53. The number of piperidine rings is 1. The highest BCUT2D eigenvalue weighted by Crippen LogP contribution is 2.25. The summed E-state index contributed by atoms with van der Waals surface area (Å²) in [7, 11) is -4.04. The summed E-state index contributed by atoms with van der Waals surface area (Å²) in [4.78, 5) is 62.5. The molecule has 2 heterocycles. The van der Waals surface area contributed by atoms with Crippen molar-refractivity contribution in [1.82, 2.24) is 19.7 Å². The first-order valence-corrected chi connectivity index (χ1v) is 17.7. The number of rotatable bonds is 10. The SMILES string of the molecule is CC(C)CCN(C(=O)C1CCN(C(=O)OC(C)(C)C)CC1)C(=O)N(CCCc1ccccc1)C(=O)c1nc2cc(S(N)(=O)=O)ccc2o1. The number of aromatic nitrogens is 1. The van der Waals surface area contributed by atoms with Crippen molar-refractivity contribution in [3.05, 3.63) is 60.0 Å². The zero-order valence-electron chi connectivity index (χ0n) is 28.2. The molecule has 1 aliphatic rings. The predicted octanol–water partition coefficient (Wildman–Crippen LogP) is 5.19. The molecule has 1 aliphatic heterocycles. The van der Waals surface area contributed by atoms with Crippen molar-refractivity contribution >= 4 is 45.1 Å². The molecule has 2 N–H and O–H groups in total. The molecule has 0 radical (unpaired) electrons. The lowest BCUT2D eigenvalue weighted by atomic mass is 9.95. The monoisotopic (exact) mass is 683 g/mol. The normalized spacial score (nSPS) is 14.3. The van der Waals surface area contributed by atoms with E-state index in [2.05, 4.69) is 4.98 Å². The number of ether oxygens (including phenoxy) is 1. The minimum Gasteiger partial charge on any atom is -0.444 e. The predicted molar refractivity (Wildman–Crippen MR) is 178 cm³/mol. The summed E-state index contributed by atoms with van der Waals surface area (Å²) in [6.45, 7) is 9.96. The van der Waals surface area contributed by atoms with Gasteiger partial charge in [-0.1, -0.05) is 44.2 Å². The second-order valence-electron chi connectivity index (χ2n) is 13.4. The Morgan fingerprint density at radius 1 is 1.02 bits per heavy atom. The Hall–Kier alpha value is -4.30. The maximum atomic E-state index is 14.3. The van der Waals surface area contributed by atoms with Gasteiger partial charge in [0.2, 0.25) is 15.9 Å². The Bertz CT molecular complexity index is 1720. The zero-order valence-corrected chi connectivity index (χ0v) is 29.0. The number of nitrogens with two attached hydrogens (primary N) is 1. The first-order chi connectivity index (χ1) is 22.5. The second-order valence-corrected chi connectivity index (χ2v) is 15.0. The van der Waals surface area contributed by atoms with Gasteiger partial charge in [-0.2, -0.15) is 0 Å². The quantitative estimate of drug-likeness (QED) is 0.302. The van der Waals surface area contributed by atoms with Crippen molar-refractivity contribution in [2.24, 2.45) is 17.0 Å². The van der Waals surface area contributed by atoms with Crippen molar-refractivity contribution in [2.75, 3.05) is 26.2 Å². The van der Waals surface area contributed by atoms with Crippen LogP contribution in [0.15, 0.2) is 57.8 Å². The lowest BCUT2D eigenvalue weighted by molar-refractivity contribution is -0.134. The van der Waals surface area contributed by atoms with E-state index < -0.39 is 51.4 Å². The summed E-state index contributed by atoms with van der Waals surface area (Å²) in [5.74, 6) is -2.08. The number of nitrogens with zero attached hydrogens (tertiary/aromatic N) is 4. The van der Waals surface area contributed by atoms with Gasteiger partial charge in [0, 0.05) is 32.1 Å². The fourth-order valence-corrected chi connectivity index (χ4v) is 5.88. The van der Waals surface area contributed by atoms with Crippen LogP contribution in [0, 0.1) is 11.8 Å². The van der Waals surface area contributed by atoms with Crippen molar-refractivity contribution in [1.29, 1.82) is 0 Å². The van der Waals surface area contributed by atoms with Crippen LogP contribution in [-0.4, -0.2) is 83.8 Å². The number of carbonyl (C=O) groups is 4. The molecule has 260 valence electrons. The number of oxazole rings is 1. The third-order valence-corrected chi connectivity index (χ3v) is 8.87. The molecule has 13 nitrogen and oxygen atoms in total. The number of benzene rings is 2. The number of carbonyl (C=O) groups excluding carboxylic acids is 4. The Kier molecular flexibility index (Phi) is 11.6. The van der Waals surface area contributed by atoms with Crippen molar-refractivity contribution in [2.45, 2.75) is 77.2 Å². The molecule has 1 aromatic heterocycles. The number of imide groups is 2. The van der Waals surface area contributed by atoms with Crippen molar-refractivity contribution in [3.63, 3.8) is 0 Å². The van der Waals surface area contributed by atoms with E-state index in [1.54, 1.807) is 25.7 Å². The molecular weight excluding hydrogens is 638 g/mol. The van der Waals surface area contributed by atoms with Crippen LogP contribution in [0.2, 0.25) is 0 Å². The van der Waals surface area contributed by atoms with E-state index in [1.165, 1.54) is 18.2 Å². The maximum Gasteiger partial charge on any atom is 0.410 e. The minimum absolute atomic E-state index is 0.0315. The molecule has 0 spiro atoms. The molecule has 2 aromatic carbocycles. The molecule has 14 heteroatoms. The van der Waals surface area contributed by atoms with Crippen LogP contribution < -0.4 is 5.14 Å². The summed E-state index contributed by atoms with van der Waals surface area (Å²) in [5.41, 5.74) is 0.566. The maximum absolute atomic E-state index is 14.3. The summed E-state index contributed by atoms with van der Waals surface area (Å²) in [6.07, 6.45) is 1.70. The van der Waals surface area contributed by atoms with Gasteiger partial charge in [0.05, 0.1) is 4.90 Å². The molecule has 48 heavy (non-hydrogen) atoms. The third-order valence-electron chi connectivity index (χ3n) is 7.96. The highest BCUT2D eigenvalue weighted by Gasteiger charge is 2.38. The molecule has 3 aromatic rings. The number of primary sulfonamides is 1. The van der Waals surface area contributed by atoms with Crippen LogP contribution in [0.25, 0.3) is 11.1 Å². The van der Waals surface area contributed by atoms with Gasteiger partial charge in [0.25, 0.3) is 5.89 Å². The van der Waals surface area contributed by atoms with E-state index >= 15 is 0 Å². The zero-order chi connectivity index (χ0) is 35.2. The molecule has 0 atom stereocenters. The molecule has 5 amide bonds. The van der Waals surface area contributed by atoms with Crippen molar-refractivity contribution in [3.8, 4) is 0 Å². The van der Waals surface area contributed by atoms with Crippen LogP contribution >= 0.6 is 0 Å². The standard InChI is InChI=1S/C34H45N5O8S/c1-23(2)15-21-39(30(40)25-16-19-37(20-17-25)33(43)47-34(3,4)5)32(42)38(18-9-12-24-10-7-6-8-11-24)31(41)29-36-27-22-26(48(35,44)45)13-14-28(27)46-29/h6-8,10-11,13-14,22-23,25H,9,12,15-21H2,1-5H3,(H2,35,44,45). The van der Waals surface area contributed by atoms with E-state index in [9.17, 15) is 27.6 Å². The van der Waals surface area contributed by atoms with E-state index in [-0.39, 0.29) is 35.0 Å². The summed E-state index contributed by atoms with van der Waals surface area (Å²) in [5, 5.41) is 5.26. The average molecular weight is 684 g/mol. The minimum atomic E-state index is -4.04. The van der Waals surface area contributed by atoms with Gasteiger partial charge in [-0.15, -0.1) is 0 Å². The van der Waals surface area contributed by atoms with Gasteiger partial charge in [-0.05, 0) is 82.6 Å². The molecule has 0 saturated carbocycles. The third kappa shape index (κ3) is 9.63. The van der Waals surface area contributed by atoms with Crippen LogP contribution in [-0.2, 0) is 26.0 Å². The van der Waals surface area contributed by atoms with Crippen LogP contribution in [0.1, 0.15) is 76.6 Å². The molecule has 0 bridgehead atoms. The van der Waals surface area contributed by atoms with E-state index in [4.69, 9.17) is 14.3 Å². The van der Waals surface area contributed by atoms with E-state index in [0.717, 1.165) is 15.4 Å². The largest absolute Gasteiger partial charge is 0.444 e. The van der Waals surface area contributed by atoms with Crippen LogP contribution in [0.3, 0.4) is 0 Å². The highest BCUT2D eigenvalue weighted by molar-refractivity contribution is 7.89. The number of aryl methyl sites for hydroxylation is 1. The second kappa shape index (κ2) is 15.3. The summed E-state index contributed by atoms with van der Waals surface area (Å²) >= 11 is 0. The summed E-state index contributed by atoms with van der Waals surface area (Å²) < 4.78 is 34.9. The number of sulfonamides is 1. The fraction of sp³-hybridized carbons (Fsp3) is 0.500. The Labute approximate surface area is 281 Å². The number of likely N-dealkylation sites (tertiary alicyclic amines) is 1. The smallest absolute Gasteiger partial charge is 0.410 e. The number of hydrogen-bond donors (Lipinski definition) is 1. The molecular formula is C34H45N5O8S. The van der Waals surface area contributed by atoms with Crippen LogP contribution in [0.4, 0.5) is 9.59 Å². The fourth-order valence-electron chi connectivity index (χ4n) is 5.35. The van der Waals surface area contributed by atoms with Gasteiger partial charge < -0.3 is 14.1 Å². The topological polar surface area (TPSA) is 173 Å². The molecule has 0 aliphatic carbocycles. The van der Waals surface area contributed by atoms with Crippen molar-refractivity contribution < 1.29 is 36.7 Å². The van der Waals surface area contributed by atoms with E-state index in [1.807, 2.05) is 44.2 Å². The van der Waals surface area contributed by atoms with Gasteiger partial charge in [-0.3, -0.25) is 19.4 Å². The molecule has 0 unspecified atom stereocenters. The Morgan fingerprint density at radius 3 is 2.29 bits per heavy atom. The van der Waals surface area contributed by atoms with Gasteiger partial charge in [0.1, 0.15) is 11.1 Å².